The second-order valence-electron chi connectivity index (χ2n) is 6.64. The van der Waals surface area contributed by atoms with E-state index in [1.54, 1.807) is 13.3 Å². The molecule has 2 aromatic carbocycles. The van der Waals surface area contributed by atoms with Gasteiger partial charge in [-0.15, -0.1) is 24.0 Å². The summed E-state index contributed by atoms with van der Waals surface area (Å²) in [7, 11) is 1.64. The van der Waals surface area contributed by atoms with Gasteiger partial charge < -0.3 is 20.1 Å². The molecule has 1 aromatic heterocycles. The smallest absolute Gasteiger partial charge is 0.196 e. The Hall–Kier alpha value is -2.75. The van der Waals surface area contributed by atoms with Crippen molar-refractivity contribution in [3.8, 4) is 11.5 Å². The minimum absolute atomic E-state index is 0. The fourth-order valence-electron chi connectivity index (χ4n) is 3.04. The lowest BCUT2D eigenvalue weighted by Gasteiger charge is -2.14. The Labute approximate surface area is 200 Å². The maximum absolute atomic E-state index is 5.66. The Morgan fingerprint density at radius 2 is 1.90 bits per heavy atom. The first-order valence-corrected chi connectivity index (χ1v) is 10.1. The van der Waals surface area contributed by atoms with Crippen LogP contribution in [0.2, 0.25) is 0 Å². The second kappa shape index (κ2) is 12.8. The summed E-state index contributed by atoms with van der Waals surface area (Å²) in [6.45, 7) is 6.64. The van der Waals surface area contributed by atoms with Crippen LogP contribution in [-0.2, 0) is 13.1 Å². The van der Waals surface area contributed by atoms with Gasteiger partial charge in [-0.1, -0.05) is 24.3 Å². The summed E-state index contributed by atoms with van der Waals surface area (Å²) in [5.41, 5.74) is 3.22. The molecular weight excluding hydrogens is 505 g/mol. The normalized spacial score (nSPS) is 10.9. The standard InChI is InChI=1S/C23H29N5O2.HI/c1-4-24-23(27-20-10-11-21(29-3)22(15-20)30-5-2)25-16-18-8-6-9-19(14-18)17-28-13-7-12-26-28;/h6-15H,4-5,16-17H2,1-3H3,(H2,24,25,27);1H. The number of guanidine groups is 1. The molecule has 3 aromatic rings. The van der Waals surface area contributed by atoms with Gasteiger partial charge in [0, 0.05) is 30.7 Å². The van der Waals surface area contributed by atoms with Gasteiger partial charge in [0.25, 0.3) is 0 Å². The van der Waals surface area contributed by atoms with E-state index in [1.807, 2.05) is 49.0 Å². The Bertz CT molecular complexity index is 960. The zero-order valence-electron chi connectivity index (χ0n) is 18.2. The van der Waals surface area contributed by atoms with Crippen molar-refractivity contribution in [3.63, 3.8) is 0 Å². The van der Waals surface area contributed by atoms with Crippen molar-refractivity contribution in [2.24, 2.45) is 4.99 Å². The van der Waals surface area contributed by atoms with Crippen molar-refractivity contribution in [1.82, 2.24) is 15.1 Å². The van der Waals surface area contributed by atoms with Crippen molar-refractivity contribution in [2.75, 3.05) is 25.6 Å². The van der Waals surface area contributed by atoms with E-state index >= 15 is 0 Å². The molecule has 166 valence electrons. The first kappa shape index (κ1) is 24.5. The number of rotatable bonds is 9. The third-order valence-electron chi connectivity index (χ3n) is 4.39. The molecule has 8 heteroatoms. The number of halogens is 1. The molecule has 0 atom stereocenters. The number of hydrogen-bond donors (Lipinski definition) is 2. The first-order valence-electron chi connectivity index (χ1n) is 10.1. The number of benzene rings is 2. The zero-order chi connectivity index (χ0) is 21.2. The van der Waals surface area contributed by atoms with Gasteiger partial charge in [0.15, 0.2) is 17.5 Å². The molecule has 2 N–H and O–H groups in total. The van der Waals surface area contributed by atoms with Crippen LogP contribution in [0.3, 0.4) is 0 Å². The summed E-state index contributed by atoms with van der Waals surface area (Å²) in [4.78, 5) is 4.74. The molecule has 3 rings (SSSR count). The van der Waals surface area contributed by atoms with Gasteiger partial charge in [-0.05, 0) is 43.2 Å². The average molecular weight is 535 g/mol. The predicted molar refractivity (Wildman–Crippen MR) is 136 cm³/mol. The van der Waals surface area contributed by atoms with Crippen LogP contribution < -0.4 is 20.1 Å². The largest absolute Gasteiger partial charge is 0.493 e. The van der Waals surface area contributed by atoms with Gasteiger partial charge in [-0.3, -0.25) is 4.68 Å². The highest BCUT2D eigenvalue weighted by Gasteiger charge is 2.07. The van der Waals surface area contributed by atoms with Gasteiger partial charge in [-0.25, -0.2) is 4.99 Å². The zero-order valence-corrected chi connectivity index (χ0v) is 20.5. The van der Waals surface area contributed by atoms with Crippen molar-refractivity contribution >= 4 is 35.6 Å². The van der Waals surface area contributed by atoms with Crippen LogP contribution in [-0.4, -0.2) is 36.0 Å². The minimum Gasteiger partial charge on any atom is -0.493 e. The number of anilines is 1. The molecule has 0 amide bonds. The number of aliphatic imine (C=N–C) groups is 1. The molecule has 1 heterocycles. The number of nitrogens with one attached hydrogen (secondary N) is 2. The number of hydrogen-bond acceptors (Lipinski definition) is 4. The van der Waals surface area contributed by atoms with Gasteiger partial charge in [0.1, 0.15) is 0 Å². The van der Waals surface area contributed by atoms with Crippen molar-refractivity contribution in [2.45, 2.75) is 26.9 Å². The summed E-state index contributed by atoms with van der Waals surface area (Å²) in [5.74, 6) is 2.12. The third kappa shape index (κ3) is 7.46. The topological polar surface area (TPSA) is 72.7 Å². The molecule has 31 heavy (non-hydrogen) atoms. The van der Waals surface area contributed by atoms with Crippen LogP contribution in [0.4, 0.5) is 5.69 Å². The lowest BCUT2D eigenvalue weighted by molar-refractivity contribution is 0.311. The fraction of sp³-hybridized carbons (Fsp3) is 0.304. The fourth-order valence-corrected chi connectivity index (χ4v) is 3.04. The molecular formula is C23H30IN5O2. The molecule has 0 saturated heterocycles. The summed E-state index contributed by atoms with van der Waals surface area (Å²) in [6, 6.07) is 16.1. The van der Waals surface area contributed by atoms with Gasteiger partial charge in [0.05, 0.1) is 26.8 Å². The van der Waals surface area contributed by atoms with Crippen molar-refractivity contribution < 1.29 is 9.47 Å². The Balaban J connectivity index is 0.00000341. The lowest BCUT2D eigenvalue weighted by Crippen LogP contribution is -2.30. The maximum Gasteiger partial charge on any atom is 0.196 e. The van der Waals surface area contributed by atoms with E-state index in [-0.39, 0.29) is 24.0 Å². The van der Waals surface area contributed by atoms with E-state index in [0.29, 0.717) is 30.6 Å². The maximum atomic E-state index is 5.66. The Morgan fingerprint density at radius 1 is 1.06 bits per heavy atom. The first-order chi connectivity index (χ1) is 14.7. The third-order valence-corrected chi connectivity index (χ3v) is 4.39. The van der Waals surface area contributed by atoms with Gasteiger partial charge in [-0.2, -0.15) is 5.10 Å². The van der Waals surface area contributed by atoms with E-state index in [4.69, 9.17) is 14.5 Å². The number of ether oxygens (including phenoxy) is 2. The van der Waals surface area contributed by atoms with Crippen LogP contribution in [0, 0.1) is 0 Å². The van der Waals surface area contributed by atoms with Crippen LogP contribution in [0.25, 0.3) is 0 Å². The highest BCUT2D eigenvalue weighted by Crippen LogP contribution is 2.30. The molecule has 0 fully saturated rings. The molecule has 0 bridgehead atoms. The molecule has 0 aliphatic rings. The van der Waals surface area contributed by atoms with Crippen molar-refractivity contribution in [1.29, 1.82) is 0 Å². The summed E-state index contributed by atoms with van der Waals surface area (Å²) in [6.07, 6.45) is 3.75. The van der Waals surface area contributed by atoms with Crippen LogP contribution >= 0.6 is 24.0 Å². The molecule has 7 nitrogen and oxygen atoms in total. The quantitative estimate of drug-likeness (QED) is 0.239. The summed E-state index contributed by atoms with van der Waals surface area (Å²) in [5, 5.41) is 10.9. The minimum atomic E-state index is 0. The average Bonchev–Trinajstić information content (AvgIpc) is 3.26. The van der Waals surface area contributed by atoms with E-state index in [1.165, 1.54) is 5.56 Å². The van der Waals surface area contributed by atoms with E-state index in [9.17, 15) is 0 Å². The predicted octanol–water partition coefficient (Wildman–Crippen LogP) is 4.53. The van der Waals surface area contributed by atoms with Crippen LogP contribution in [0.5, 0.6) is 11.5 Å². The number of nitrogens with zero attached hydrogens (tertiary/aromatic N) is 3. The molecule has 0 spiro atoms. The molecule has 0 aliphatic carbocycles. The monoisotopic (exact) mass is 535 g/mol. The Kier molecular flexibility index (Phi) is 10.2. The lowest BCUT2D eigenvalue weighted by atomic mass is 10.1. The number of methoxy groups -OCH3 is 1. The SMILES string of the molecule is CCNC(=NCc1cccc(Cn2cccn2)c1)Nc1ccc(OC)c(OCC)c1.I. The van der Waals surface area contributed by atoms with E-state index < -0.39 is 0 Å². The molecule has 0 aliphatic heterocycles. The van der Waals surface area contributed by atoms with E-state index in [2.05, 4.69) is 40.0 Å². The number of aromatic nitrogens is 2. The highest BCUT2D eigenvalue weighted by atomic mass is 127. The molecule has 0 unspecified atom stereocenters. The molecule has 0 radical (unpaired) electrons. The molecule has 0 saturated carbocycles. The van der Waals surface area contributed by atoms with Crippen LogP contribution in [0.1, 0.15) is 25.0 Å². The highest BCUT2D eigenvalue weighted by molar-refractivity contribution is 14.0. The Morgan fingerprint density at radius 3 is 2.61 bits per heavy atom. The second-order valence-corrected chi connectivity index (χ2v) is 6.64. The van der Waals surface area contributed by atoms with Gasteiger partial charge >= 0.3 is 0 Å². The van der Waals surface area contributed by atoms with Crippen molar-refractivity contribution in [3.05, 3.63) is 72.1 Å². The van der Waals surface area contributed by atoms with Crippen LogP contribution in [0.15, 0.2) is 65.9 Å². The summed E-state index contributed by atoms with van der Waals surface area (Å²) < 4.78 is 12.9. The van der Waals surface area contributed by atoms with Gasteiger partial charge in [0.2, 0.25) is 0 Å². The summed E-state index contributed by atoms with van der Waals surface area (Å²) >= 11 is 0. The van der Waals surface area contributed by atoms with E-state index in [0.717, 1.165) is 24.3 Å².